The number of phenols is 1. The zero-order valence-corrected chi connectivity index (χ0v) is 14.7. The van der Waals surface area contributed by atoms with Gasteiger partial charge in [-0.25, -0.2) is 5.01 Å². The molecule has 0 radical (unpaired) electrons. The summed E-state index contributed by atoms with van der Waals surface area (Å²) >= 11 is 6.75. The minimum Gasteiger partial charge on any atom is -0.508 e. The number of thiocarbonyl (C=S) groups is 1. The van der Waals surface area contributed by atoms with Gasteiger partial charge in [0.1, 0.15) is 11.0 Å². The zero-order chi connectivity index (χ0) is 17.1. The van der Waals surface area contributed by atoms with Crippen molar-refractivity contribution in [1.82, 2.24) is 5.01 Å². The Labute approximate surface area is 150 Å². The number of rotatable bonds is 5. The summed E-state index contributed by atoms with van der Waals surface area (Å²) in [7, 11) is 1.82. The highest BCUT2D eigenvalue weighted by molar-refractivity contribution is 8.24. The van der Waals surface area contributed by atoms with Crippen LogP contribution in [0, 0.1) is 0 Å². The quantitative estimate of drug-likeness (QED) is 0.800. The number of hydrogen-bond acceptors (Lipinski definition) is 6. The van der Waals surface area contributed by atoms with Crippen LogP contribution in [-0.4, -0.2) is 39.2 Å². The van der Waals surface area contributed by atoms with Gasteiger partial charge in [-0.2, -0.15) is 0 Å². The number of hydrogen-bond donors (Lipinski definition) is 2. The predicted molar refractivity (Wildman–Crippen MR) is 102 cm³/mol. The van der Waals surface area contributed by atoms with Crippen LogP contribution in [0.2, 0.25) is 0 Å². The van der Waals surface area contributed by atoms with E-state index in [0.29, 0.717) is 10.9 Å². The molecule has 1 aliphatic heterocycles. The maximum absolute atomic E-state index is 12.7. The Morgan fingerprint density at radius 3 is 2.71 bits per heavy atom. The second-order valence-electron chi connectivity index (χ2n) is 5.31. The molecule has 3 rings (SSSR count). The van der Waals surface area contributed by atoms with Crippen molar-refractivity contribution in [2.24, 2.45) is 0 Å². The lowest BCUT2D eigenvalue weighted by atomic mass is 10.3. The number of para-hydroxylation sites is 1. The minimum atomic E-state index is -0.300. The Bertz CT molecular complexity index is 755. The van der Waals surface area contributed by atoms with E-state index in [-0.39, 0.29) is 16.9 Å². The number of aromatic hydroxyl groups is 1. The molecule has 24 heavy (non-hydrogen) atoms. The van der Waals surface area contributed by atoms with Crippen molar-refractivity contribution < 1.29 is 9.90 Å². The van der Waals surface area contributed by atoms with Gasteiger partial charge >= 0.3 is 0 Å². The first-order valence-electron chi connectivity index (χ1n) is 7.42. The van der Waals surface area contributed by atoms with Crippen molar-refractivity contribution in [3.63, 3.8) is 0 Å². The van der Waals surface area contributed by atoms with E-state index in [0.717, 1.165) is 11.4 Å². The standard InChI is InChI=1S/C17H17N3O2S2/c1-19(13-7-3-2-4-8-13)20-16(22)15(24-17(20)23)11-18-12-6-5-9-14(21)10-12/h2-10,15,18,21H,11H2,1H3. The number of thioether (sulfide) groups is 1. The maximum Gasteiger partial charge on any atom is 0.262 e. The monoisotopic (exact) mass is 359 g/mol. The van der Waals surface area contributed by atoms with Crippen molar-refractivity contribution in [3.05, 3.63) is 54.6 Å². The summed E-state index contributed by atoms with van der Waals surface area (Å²) in [4.78, 5) is 12.7. The molecule has 2 aromatic rings. The fraction of sp³-hybridized carbons (Fsp3) is 0.176. The Hall–Kier alpha value is -2.25. The Kier molecular flexibility index (Phi) is 4.92. The third kappa shape index (κ3) is 3.47. The highest BCUT2D eigenvalue weighted by atomic mass is 32.2. The van der Waals surface area contributed by atoms with E-state index >= 15 is 0 Å². The van der Waals surface area contributed by atoms with Crippen LogP contribution < -0.4 is 10.3 Å². The van der Waals surface area contributed by atoms with E-state index in [1.54, 1.807) is 23.2 Å². The molecule has 0 saturated carbocycles. The average molecular weight is 359 g/mol. The number of nitrogens with zero attached hydrogens (tertiary/aromatic N) is 2. The average Bonchev–Trinajstić information content (AvgIpc) is 2.87. The summed E-state index contributed by atoms with van der Waals surface area (Å²) in [6.45, 7) is 0.437. The molecule has 7 heteroatoms. The summed E-state index contributed by atoms with van der Waals surface area (Å²) in [6, 6.07) is 16.4. The molecule has 1 amide bonds. The Balaban J connectivity index is 1.68. The van der Waals surface area contributed by atoms with Crippen LogP contribution in [0.3, 0.4) is 0 Å². The highest BCUT2D eigenvalue weighted by Gasteiger charge is 2.39. The van der Waals surface area contributed by atoms with Gasteiger partial charge in [0.2, 0.25) is 0 Å². The van der Waals surface area contributed by atoms with Crippen LogP contribution in [0.25, 0.3) is 0 Å². The van der Waals surface area contributed by atoms with E-state index in [9.17, 15) is 9.90 Å². The molecule has 1 unspecified atom stereocenters. The fourth-order valence-corrected chi connectivity index (χ4v) is 3.92. The van der Waals surface area contributed by atoms with Gasteiger partial charge < -0.3 is 10.4 Å². The molecule has 1 aliphatic rings. The van der Waals surface area contributed by atoms with Crippen molar-refractivity contribution in [3.8, 4) is 5.75 Å². The third-order valence-electron chi connectivity index (χ3n) is 3.67. The molecule has 1 saturated heterocycles. The Morgan fingerprint density at radius 1 is 1.25 bits per heavy atom. The summed E-state index contributed by atoms with van der Waals surface area (Å²) in [5.41, 5.74) is 1.67. The fourth-order valence-electron chi connectivity index (χ4n) is 2.43. The first kappa shape index (κ1) is 16.6. The number of benzene rings is 2. The lowest BCUT2D eigenvalue weighted by Crippen LogP contribution is -2.45. The van der Waals surface area contributed by atoms with Gasteiger partial charge in [-0.3, -0.25) is 9.80 Å². The SMILES string of the molecule is CN(c1ccccc1)N1C(=O)C(CNc2cccc(O)c2)SC1=S. The van der Waals surface area contributed by atoms with Gasteiger partial charge in [0.15, 0.2) is 4.32 Å². The smallest absolute Gasteiger partial charge is 0.262 e. The number of carbonyl (C=O) groups excluding carboxylic acids is 1. The van der Waals surface area contributed by atoms with Gasteiger partial charge in [0.05, 0.1) is 5.69 Å². The van der Waals surface area contributed by atoms with Crippen molar-refractivity contribution in [2.45, 2.75) is 5.25 Å². The van der Waals surface area contributed by atoms with Crippen molar-refractivity contribution in [2.75, 3.05) is 23.9 Å². The summed E-state index contributed by atoms with van der Waals surface area (Å²) in [6.07, 6.45) is 0. The molecule has 124 valence electrons. The van der Waals surface area contributed by atoms with Gasteiger partial charge in [0.25, 0.3) is 5.91 Å². The molecule has 0 bridgehead atoms. The normalized spacial score (nSPS) is 17.2. The largest absolute Gasteiger partial charge is 0.508 e. The lowest BCUT2D eigenvalue weighted by Gasteiger charge is -2.29. The van der Waals surface area contributed by atoms with E-state index < -0.39 is 0 Å². The van der Waals surface area contributed by atoms with Crippen LogP contribution in [0.1, 0.15) is 0 Å². The van der Waals surface area contributed by atoms with E-state index in [1.807, 2.05) is 43.4 Å². The van der Waals surface area contributed by atoms with Gasteiger partial charge in [-0.15, -0.1) is 0 Å². The van der Waals surface area contributed by atoms with E-state index in [1.165, 1.54) is 16.8 Å². The molecule has 2 aromatic carbocycles. The number of phenolic OH excluding ortho intramolecular Hbond substituents is 1. The van der Waals surface area contributed by atoms with Crippen LogP contribution >= 0.6 is 24.0 Å². The lowest BCUT2D eigenvalue weighted by molar-refractivity contribution is -0.126. The molecule has 0 aliphatic carbocycles. The van der Waals surface area contributed by atoms with Crippen LogP contribution in [0.5, 0.6) is 5.75 Å². The number of anilines is 2. The Morgan fingerprint density at radius 2 is 2.00 bits per heavy atom. The first-order valence-corrected chi connectivity index (χ1v) is 8.71. The van der Waals surface area contributed by atoms with Crippen LogP contribution in [-0.2, 0) is 4.79 Å². The number of nitrogens with one attached hydrogen (secondary N) is 1. The molecule has 0 spiro atoms. The summed E-state index contributed by atoms with van der Waals surface area (Å²) in [5.74, 6) is 0.135. The van der Waals surface area contributed by atoms with Gasteiger partial charge in [-0.1, -0.05) is 48.2 Å². The molecule has 0 aromatic heterocycles. The molecule has 5 nitrogen and oxygen atoms in total. The molecule has 1 fully saturated rings. The molecule has 1 atom stereocenters. The van der Waals surface area contributed by atoms with Gasteiger partial charge in [0, 0.05) is 25.3 Å². The van der Waals surface area contributed by atoms with Gasteiger partial charge in [-0.05, 0) is 24.3 Å². The number of hydrazine groups is 1. The molecular weight excluding hydrogens is 342 g/mol. The van der Waals surface area contributed by atoms with Crippen LogP contribution in [0.4, 0.5) is 11.4 Å². The van der Waals surface area contributed by atoms with Crippen molar-refractivity contribution >= 4 is 45.6 Å². The minimum absolute atomic E-state index is 0.0518. The predicted octanol–water partition coefficient (Wildman–Crippen LogP) is 3.08. The third-order valence-corrected chi connectivity index (χ3v) is 5.16. The molecular formula is C17H17N3O2S2. The molecule has 2 N–H and O–H groups in total. The first-order chi connectivity index (χ1) is 11.6. The number of amides is 1. The second kappa shape index (κ2) is 7.11. The van der Waals surface area contributed by atoms with E-state index in [4.69, 9.17) is 12.2 Å². The maximum atomic E-state index is 12.7. The zero-order valence-electron chi connectivity index (χ0n) is 13.0. The molecule has 1 heterocycles. The topological polar surface area (TPSA) is 55.8 Å². The van der Waals surface area contributed by atoms with Crippen LogP contribution in [0.15, 0.2) is 54.6 Å². The highest BCUT2D eigenvalue weighted by Crippen LogP contribution is 2.30. The number of carbonyl (C=O) groups is 1. The van der Waals surface area contributed by atoms with Crippen molar-refractivity contribution in [1.29, 1.82) is 0 Å². The van der Waals surface area contributed by atoms with E-state index in [2.05, 4.69) is 5.32 Å². The second-order valence-corrected chi connectivity index (χ2v) is 7.15. The summed E-state index contributed by atoms with van der Waals surface area (Å²) < 4.78 is 0.536. The summed E-state index contributed by atoms with van der Waals surface area (Å²) in [5, 5.41) is 15.7.